The third kappa shape index (κ3) is 3.84. The molecule has 1 fully saturated rings. The molecule has 1 saturated heterocycles. The van der Waals surface area contributed by atoms with Crippen LogP contribution in [0.25, 0.3) is 11.0 Å². The van der Waals surface area contributed by atoms with Gasteiger partial charge in [0.2, 0.25) is 10.0 Å². The van der Waals surface area contributed by atoms with E-state index in [4.69, 9.17) is 13.9 Å². The molecular weight excluding hydrogens is 360 g/mol. The van der Waals surface area contributed by atoms with E-state index in [1.54, 1.807) is 13.2 Å². The molecule has 142 valence electrons. The van der Waals surface area contributed by atoms with Crippen LogP contribution >= 0.6 is 0 Å². The number of rotatable bonds is 5. The van der Waals surface area contributed by atoms with Crippen molar-refractivity contribution >= 4 is 26.9 Å². The van der Waals surface area contributed by atoms with E-state index in [-0.39, 0.29) is 24.8 Å². The Labute approximate surface area is 152 Å². The standard InChI is InChI=1S/C17H22N2O6S/c1-11-14-5-4-12(23-2)8-15(14)25-16(11)17(20)18-9-13-10-19(6-7-24-13)26(3,21)22/h4-5,8,13H,6-7,9-10H2,1-3H3,(H,18,20)/t13-/m0/s1. The van der Waals surface area contributed by atoms with Gasteiger partial charge in [0, 0.05) is 36.7 Å². The topological polar surface area (TPSA) is 98.1 Å². The average molecular weight is 382 g/mol. The lowest BCUT2D eigenvalue weighted by molar-refractivity contribution is 0.000309. The van der Waals surface area contributed by atoms with Crippen molar-refractivity contribution in [3.05, 3.63) is 29.5 Å². The number of hydrogen-bond acceptors (Lipinski definition) is 6. The number of fused-ring (bicyclic) bond motifs is 1. The predicted octanol–water partition coefficient (Wildman–Crippen LogP) is 1.14. The maximum atomic E-state index is 12.5. The number of furan rings is 1. The van der Waals surface area contributed by atoms with E-state index in [9.17, 15) is 13.2 Å². The molecule has 0 bridgehead atoms. The second-order valence-corrected chi connectivity index (χ2v) is 8.22. The molecule has 0 unspecified atom stereocenters. The fraction of sp³-hybridized carbons (Fsp3) is 0.471. The number of morpholine rings is 1. The van der Waals surface area contributed by atoms with Gasteiger partial charge in [-0.25, -0.2) is 8.42 Å². The lowest BCUT2D eigenvalue weighted by Gasteiger charge is -2.31. The van der Waals surface area contributed by atoms with Gasteiger partial charge >= 0.3 is 0 Å². The first-order valence-electron chi connectivity index (χ1n) is 8.21. The number of carbonyl (C=O) groups excluding carboxylic acids is 1. The van der Waals surface area contributed by atoms with Gasteiger partial charge in [-0.15, -0.1) is 0 Å². The highest BCUT2D eigenvalue weighted by Gasteiger charge is 2.27. The summed E-state index contributed by atoms with van der Waals surface area (Å²) in [7, 11) is -1.71. The molecule has 9 heteroatoms. The molecule has 0 aliphatic carbocycles. The molecular formula is C17H22N2O6S. The summed E-state index contributed by atoms with van der Waals surface area (Å²) in [6.45, 7) is 2.86. The second-order valence-electron chi connectivity index (χ2n) is 6.24. The fourth-order valence-electron chi connectivity index (χ4n) is 2.95. The van der Waals surface area contributed by atoms with Crippen molar-refractivity contribution in [1.29, 1.82) is 0 Å². The maximum Gasteiger partial charge on any atom is 0.287 e. The van der Waals surface area contributed by atoms with Gasteiger partial charge in [0.05, 0.1) is 26.1 Å². The number of hydrogen-bond donors (Lipinski definition) is 1. The van der Waals surface area contributed by atoms with Crippen LogP contribution in [0, 0.1) is 6.92 Å². The zero-order chi connectivity index (χ0) is 18.9. The van der Waals surface area contributed by atoms with Gasteiger partial charge in [-0.1, -0.05) is 0 Å². The van der Waals surface area contributed by atoms with E-state index in [0.717, 1.165) is 10.9 Å². The number of sulfonamides is 1. The predicted molar refractivity (Wildman–Crippen MR) is 96.0 cm³/mol. The fourth-order valence-corrected chi connectivity index (χ4v) is 3.80. The maximum absolute atomic E-state index is 12.5. The Bertz CT molecular complexity index is 921. The van der Waals surface area contributed by atoms with Crippen LogP contribution in [0.1, 0.15) is 16.1 Å². The Morgan fingerprint density at radius 1 is 1.42 bits per heavy atom. The van der Waals surface area contributed by atoms with Crippen LogP contribution in [0.4, 0.5) is 0 Å². The zero-order valence-corrected chi connectivity index (χ0v) is 15.8. The van der Waals surface area contributed by atoms with Crippen molar-refractivity contribution < 1.29 is 27.1 Å². The summed E-state index contributed by atoms with van der Waals surface area (Å²) in [6.07, 6.45) is 0.771. The van der Waals surface area contributed by atoms with Crippen LogP contribution in [-0.4, -0.2) is 64.3 Å². The molecule has 3 rings (SSSR count). The smallest absolute Gasteiger partial charge is 0.287 e. The van der Waals surface area contributed by atoms with Crippen molar-refractivity contribution in [3.8, 4) is 5.75 Å². The van der Waals surface area contributed by atoms with E-state index in [1.807, 2.05) is 19.1 Å². The number of carbonyl (C=O) groups is 1. The normalized spacial score (nSPS) is 18.8. The highest BCUT2D eigenvalue weighted by Crippen LogP contribution is 2.28. The molecule has 1 atom stereocenters. The summed E-state index contributed by atoms with van der Waals surface area (Å²) in [5.41, 5.74) is 1.31. The summed E-state index contributed by atoms with van der Waals surface area (Å²) in [6, 6.07) is 5.38. The highest BCUT2D eigenvalue weighted by molar-refractivity contribution is 7.88. The number of amides is 1. The summed E-state index contributed by atoms with van der Waals surface area (Å²) in [4.78, 5) is 12.5. The minimum Gasteiger partial charge on any atom is -0.497 e. The SMILES string of the molecule is COc1ccc2c(C)c(C(=O)NC[C@H]3CN(S(C)(=O)=O)CCO3)oc2c1. The molecule has 1 aromatic heterocycles. The molecule has 2 heterocycles. The van der Waals surface area contributed by atoms with Crippen molar-refractivity contribution in [2.75, 3.05) is 39.6 Å². The number of nitrogens with one attached hydrogen (secondary N) is 1. The summed E-state index contributed by atoms with van der Waals surface area (Å²) >= 11 is 0. The van der Waals surface area contributed by atoms with E-state index >= 15 is 0 Å². The molecule has 1 aromatic carbocycles. The Balaban J connectivity index is 1.68. The monoisotopic (exact) mass is 382 g/mol. The number of benzene rings is 1. The van der Waals surface area contributed by atoms with Gasteiger partial charge in [-0.2, -0.15) is 4.31 Å². The van der Waals surface area contributed by atoms with E-state index in [0.29, 0.717) is 24.5 Å². The molecule has 1 N–H and O–H groups in total. The number of ether oxygens (including phenoxy) is 2. The van der Waals surface area contributed by atoms with Crippen molar-refractivity contribution in [2.45, 2.75) is 13.0 Å². The van der Waals surface area contributed by atoms with Crippen molar-refractivity contribution in [1.82, 2.24) is 9.62 Å². The van der Waals surface area contributed by atoms with E-state index in [1.165, 1.54) is 10.6 Å². The van der Waals surface area contributed by atoms with E-state index < -0.39 is 16.1 Å². The van der Waals surface area contributed by atoms with Gasteiger partial charge in [0.25, 0.3) is 5.91 Å². The summed E-state index contributed by atoms with van der Waals surface area (Å²) in [5, 5.41) is 3.60. The van der Waals surface area contributed by atoms with Crippen LogP contribution in [0.2, 0.25) is 0 Å². The van der Waals surface area contributed by atoms with Crippen molar-refractivity contribution in [2.24, 2.45) is 0 Å². The lowest BCUT2D eigenvalue weighted by Crippen LogP contribution is -2.49. The number of methoxy groups -OCH3 is 1. The van der Waals surface area contributed by atoms with Crippen molar-refractivity contribution in [3.63, 3.8) is 0 Å². The largest absolute Gasteiger partial charge is 0.497 e. The third-order valence-corrected chi connectivity index (χ3v) is 5.68. The van der Waals surface area contributed by atoms with Crippen LogP contribution in [0.5, 0.6) is 5.75 Å². The summed E-state index contributed by atoms with van der Waals surface area (Å²) in [5.74, 6) is 0.511. The first kappa shape index (κ1) is 18.7. The van der Waals surface area contributed by atoms with Gasteiger partial charge in [-0.05, 0) is 19.1 Å². The first-order valence-corrected chi connectivity index (χ1v) is 10.1. The highest BCUT2D eigenvalue weighted by atomic mass is 32.2. The number of aryl methyl sites for hydroxylation is 1. The van der Waals surface area contributed by atoms with Gasteiger partial charge < -0.3 is 19.2 Å². The first-order chi connectivity index (χ1) is 12.3. The molecule has 1 amide bonds. The minimum atomic E-state index is -3.27. The van der Waals surface area contributed by atoms with Crippen LogP contribution in [0.3, 0.4) is 0 Å². The van der Waals surface area contributed by atoms with Crippen LogP contribution in [-0.2, 0) is 14.8 Å². The molecule has 26 heavy (non-hydrogen) atoms. The van der Waals surface area contributed by atoms with Gasteiger partial charge in [0.1, 0.15) is 11.3 Å². The molecule has 1 aliphatic heterocycles. The molecule has 1 aliphatic rings. The Kier molecular flexibility index (Phi) is 5.22. The average Bonchev–Trinajstić information content (AvgIpc) is 2.95. The quantitative estimate of drug-likeness (QED) is 0.833. The van der Waals surface area contributed by atoms with Gasteiger partial charge in [-0.3, -0.25) is 4.79 Å². The zero-order valence-electron chi connectivity index (χ0n) is 14.9. The van der Waals surface area contributed by atoms with E-state index in [2.05, 4.69) is 5.32 Å². The van der Waals surface area contributed by atoms with Crippen LogP contribution < -0.4 is 10.1 Å². The Hall–Kier alpha value is -2.10. The van der Waals surface area contributed by atoms with Gasteiger partial charge in [0.15, 0.2) is 5.76 Å². The third-order valence-electron chi connectivity index (χ3n) is 4.41. The molecule has 0 saturated carbocycles. The molecule has 2 aromatic rings. The summed E-state index contributed by atoms with van der Waals surface area (Å²) < 4.78 is 41.0. The minimum absolute atomic E-state index is 0.199. The lowest BCUT2D eigenvalue weighted by atomic mass is 10.1. The Morgan fingerprint density at radius 3 is 2.88 bits per heavy atom. The molecule has 0 spiro atoms. The number of nitrogens with zero attached hydrogens (tertiary/aromatic N) is 1. The molecule has 8 nitrogen and oxygen atoms in total. The Morgan fingerprint density at radius 2 is 2.19 bits per heavy atom. The van der Waals surface area contributed by atoms with Crippen LogP contribution in [0.15, 0.2) is 22.6 Å². The second kappa shape index (κ2) is 7.26. The molecule has 0 radical (unpaired) electrons.